The second-order valence-electron chi connectivity index (χ2n) is 5.45. The average molecular weight is 293 g/mol. The van der Waals surface area contributed by atoms with Crippen molar-refractivity contribution in [3.63, 3.8) is 0 Å². The predicted octanol–water partition coefficient (Wildman–Crippen LogP) is 2.76. The Morgan fingerprint density at radius 1 is 1.24 bits per heavy atom. The van der Waals surface area contributed by atoms with Gasteiger partial charge in [-0.25, -0.2) is 0 Å². The van der Waals surface area contributed by atoms with E-state index in [0.717, 1.165) is 18.9 Å². The van der Waals surface area contributed by atoms with Gasteiger partial charge >= 0.3 is 0 Å². The number of hydrogen-bond donors (Lipinski definition) is 1. The zero-order valence-corrected chi connectivity index (χ0v) is 13.1. The summed E-state index contributed by atoms with van der Waals surface area (Å²) in [5.74, 6) is 0.951. The molecule has 21 heavy (non-hydrogen) atoms. The van der Waals surface area contributed by atoms with Crippen LogP contribution in [0.4, 0.5) is 0 Å². The van der Waals surface area contributed by atoms with Crippen molar-refractivity contribution in [3.05, 3.63) is 29.8 Å². The molecule has 2 rings (SSSR count). The molecule has 0 aromatic heterocycles. The number of hydrogen-bond acceptors (Lipinski definition) is 4. The molecule has 1 fully saturated rings. The molecular weight excluding hydrogens is 266 g/mol. The average Bonchev–Trinajstić information content (AvgIpc) is 3.32. The summed E-state index contributed by atoms with van der Waals surface area (Å²) >= 11 is 0. The Balaban J connectivity index is 1.67. The molecule has 4 heteroatoms. The van der Waals surface area contributed by atoms with E-state index in [0.29, 0.717) is 25.9 Å². The molecule has 0 bridgehead atoms. The van der Waals surface area contributed by atoms with Crippen LogP contribution in [0.15, 0.2) is 24.3 Å². The number of nitrogens with one attached hydrogen (secondary N) is 1. The molecule has 1 N–H and O–H groups in total. The van der Waals surface area contributed by atoms with Crippen molar-refractivity contribution in [2.45, 2.75) is 45.4 Å². The highest BCUT2D eigenvalue weighted by Gasteiger charge is 2.20. The van der Waals surface area contributed by atoms with E-state index in [1.165, 1.54) is 18.4 Å². The summed E-state index contributed by atoms with van der Waals surface area (Å²) in [6.07, 6.45) is 2.71. The van der Waals surface area contributed by atoms with Gasteiger partial charge in [-0.3, -0.25) is 0 Å². The van der Waals surface area contributed by atoms with Crippen molar-refractivity contribution in [3.8, 4) is 5.75 Å². The Hall–Kier alpha value is -1.10. The highest BCUT2D eigenvalue weighted by molar-refractivity contribution is 5.33. The molecule has 1 aliphatic rings. The number of para-hydroxylation sites is 1. The lowest BCUT2D eigenvalue weighted by atomic mass is 10.2. The van der Waals surface area contributed by atoms with Crippen LogP contribution in [0.2, 0.25) is 0 Å². The SMILES string of the molecule is CCOCC(C)OCCOc1ccccc1CNC1CC1. The van der Waals surface area contributed by atoms with Crippen LogP contribution in [0.25, 0.3) is 0 Å². The fraction of sp³-hybridized carbons (Fsp3) is 0.647. The van der Waals surface area contributed by atoms with Crippen LogP contribution in [-0.2, 0) is 16.0 Å². The van der Waals surface area contributed by atoms with E-state index in [1.54, 1.807) is 0 Å². The van der Waals surface area contributed by atoms with Crippen LogP contribution in [0, 0.1) is 0 Å². The maximum absolute atomic E-state index is 5.84. The van der Waals surface area contributed by atoms with Crippen LogP contribution in [0.5, 0.6) is 5.75 Å². The highest BCUT2D eigenvalue weighted by atomic mass is 16.5. The lowest BCUT2D eigenvalue weighted by Gasteiger charge is -2.15. The highest BCUT2D eigenvalue weighted by Crippen LogP contribution is 2.22. The Morgan fingerprint density at radius 3 is 2.81 bits per heavy atom. The first-order valence-electron chi connectivity index (χ1n) is 7.93. The van der Waals surface area contributed by atoms with E-state index in [2.05, 4.69) is 17.4 Å². The maximum Gasteiger partial charge on any atom is 0.123 e. The topological polar surface area (TPSA) is 39.7 Å². The molecule has 0 amide bonds. The Morgan fingerprint density at radius 2 is 2.05 bits per heavy atom. The third-order valence-corrected chi connectivity index (χ3v) is 3.43. The van der Waals surface area contributed by atoms with E-state index in [9.17, 15) is 0 Å². The monoisotopic (exact) mass is 293 g/mol. The Labute approximate surface area is 127 Å². The van der Waals surface area contributed by atoms with Gasteiger partial charge < -0.3 is 19.5 Å². The molecule has 118 valence electrons. The zero-order valence-electron chi connectivity index (χ0n) is 13.1. The second kappa shape index (κ2) is 9.03. The third kappa shape index (κ3) is 6.46. The number of ether oxygens (including phenoxy) is 3. The van der Waals surface area contributed by atoms with Crippen LogP contribution < -0.4 is 10.1 Å². The van der Waals surface area contributed by atoms with Crippen molar-refractivity contribution in [1.82, 2.24) is 5.32 Å². The smallest absolute Gasteiger partial charge is 0.123 e. The zero-order chi connectivity index (χ0) is 14.9. The minimum Gasteiger partial charge on any atom is -0.491 e. The van der Waals surface area contributed by atoms with Gasteiger partial charge in [0.2, 0.25) is 0 Å². The van der Waals surface area contributed by atoms with Gasteiger partial charge in [0.05, 0.1) is 19.3 Å². The molecule has 1 atom stereocenters. The van der Waals surface area contributed by atoms with Crippen LogP contribution in [0.1, 0.15) is 32.3 Å². The molecule has 0 saturated heterocycles. The number of benzene rings is 1. The van der Waals surface area contributed by atoms with Gasteiger partial charge in [-0.2, -0.15) is 0 Å². The van der Waals surface area contributed by atoms with Gasteiger partial charge in [0.15, 0.2) is 0 Å². The molecular formula is C17H27NO3. The second-order valence-corrected chi connectivity index (χ2v) is 5.45. The standard InChI is InChI=1S/C17H27NO3/c1-3-19-13-14(2)20-10-11-21-17-7-5-4-6-15(17)12-18-16-8-9-16/h4-7,14,16,18H,3,8-13H2,1-2H3. The van der Waals surface area contributed by atoms with Gasteiger partial charge in [0, 0.05) is 24.8 Å². The molecule has 1 aliphatic carbocycles. The first-order chi connectivity index (χ1) is 10.3. The van der Waals surface area contributed by atoms with Crippen molar-refractivity contribution in [1.29, 1.82) is 0 Å². The first-order valence-corrected chi connectivity index (χ1v) is 7.93. The van der Waals surface area contributed by atoms with E-state index >= 15 is 0 Å². The molecule has 0 aliphatic heterocycles. The van der Waals surface area contributed by atoms with Crippen molar-refractivity contribution in [2.24, 2.45) is 0 Å². The van der Waals surface area contributed by atoms with Crippen molar-refractivity contribution in [2.75, 3.05) is 26.4 Å². The molecule has 0 radical (unpaired) electrons. The molecule has 0 spiro atoms. The van der Waals surface area contributed by atoms with Crippen LogP contribution >= 0.6 is 0 Å². The first kappa shape index (κ1) is 16.3. The normalized spacial score (nSPS) is 15.9. The molecule has 1 unspecified atom stereocenters. The Kier molecular flexibility index (Phi) is 7.00. The fourth-order valence-corrected chi connectivity index (χ4v) is 2.07. The molecule has 1 saturated carbocycles. The molecule has 0 heterocycles. The molecule has 1 aromatic rings. The quantitative estimate of drug-likeness (QED) is 0.637. The largest absolute Gasteiger partial charge is 0.491 e. The summed E-state index contributed by atoms with van der Waals surface area (Å²) in [6, 6.07) is 8.91. The summed E-state index contributed by atoms with van der Waals surface area (Å²) in [7, 11) is 0. The summed E-state index contributed by atoms with van der Waals surface area (Å²) in [4.78, 5) is 0. The summed E-state index contributed by atoms with van der Waals surface area (Å²) in [5, 5.41) is 3.52. The summed E-state index contributed by atoms with van der Waals surface area (Å²) in [6.45, 7) is 7.40. The van der Waals surface area contributed by atoms with Crippen molar-refractivity contribution < 1.29 is 14.2 Å². The van der Waals surface area contributed by atoms with Gasteiger partial charge in [-0.05, 0) is 32.8 Å². The Bertz CT molecular complexity index is 407. The van der Waals surface area contributed by atoms with Crippen molar-refractivity contribution >= 4 is 0 Å². The number of rotatable bonds is 11. The van der Waals surface area contributed by atoms with E-state index in [-0.39, 0.29) is 6.10 Å². The summed E-state index contributed by atoms with van der Waals surface area (Å²) in [5.41, 5.74) is 1.21. The van der Waals surface area contributed by atoms with Gasteiger partial charge in [-0.15, -0.1) is 0 Å². The van der Waals surface area contributed by atoms with E-state index < -0.39 is 0 Å². The van der Waals surface area contributed by atoms with E-state index in [1.807, 2.05) is 26.0 Å². The van der Waals surface area contributed by atoms with Crippen LogP contribution in [-0.4, -0.2) is 38.6 Å². The lowest BCUT2D eigenvalue weighted by molar-refractivity contribution is -0.0128. The van der Waals surface area contributed by atoms with Gasteiger partial charge in [-0.1, -0.05) is 18.2 Å². The van der Waals surface area contributed by atoms with Gasteiger partial charge in [0.1, 0.15) is 12.4 Å². The lowest BCUT2D eigenvalue weighted by Crippen LogP contribution is -2.20. The van der Waals surface area contributed by atoms with Crippen LogP contribution in [0.3, 0.4) is 0 Å². The summed E-state index contributed by atoms with van der Waals surface area (Å²) < 4.78 is 16.8. The van der Waals surface area contributed by atoms with Gasteiger partial charge in [0.25, 0.3) is 0 Å². The maximum atomic E-state index is 5.84. The minimum absolute atomic E-state index is 0.111. The molecule has 1 aromatic carbocycles. The fourth-order valence-electron chi connectivity index (χ4n) is 2.07. The third-order valence-electron chi connectivity index (χ3n) is 3.43. The minimum atomic E-state index is 0.111. The predicted molar refractivity (Wildman–Crippen MR) is 83.7 cm³/mol. The van der Waals surface area contributed by atoms with E-state index in [4.69, 9.17) is 14.2 Å². The molecule has 4 nitrogen and oxygen atoms in total.